The number of ether oxygens (including phenoxy) is 1. The number of halogens is 1. The zero-order valence-electron chi connectivity index (χ0n) is 14.1. The number of aryl methyl sites for hydroxylation is 1. The number of hydrogen-bond acceptors (Lipinski definition) is 3. The molecule has 0 saturated heterocycles. The summed E-state index contributed by atoms with van der Waals surface area (Å²) in [5, 5.41) is 2.92. The zero-order chi connectivity index (χ0) is 16.7. The van der Waals surface area contributed by atoms with E-state index in [0.29, 0.717) is 19.4 Å². The van der Waals surface area contributed by atoms with Crippen molar-refractivity contribution in [3.05, 3.63) is 59.7 Å². The molecule has 0 spiro atoms. The maximum absolute atomic E-state index is 12.1. The first kappa shape index (κ1) is 20.0. The van der Waals surface area contributed by atoms with Crippen LogP contribution in [0.2, 0.25) is 0 Å². The molecule has 0 saturated carbocycles. The van der Waals surface area contributed by atoms with Crippen molar-refractivity contribution in [3.8, 4) is 0 Å². The third-order valence-electron chi connectivity index (χ3n) is 3.47. The molecular formula is C19H25ClN2O2. The van der Waals surface area contributed by atoms with Gasteiger partial charge in [0.2, 0.25) is 5.91 Å². The highest BCUT2D eigenvalue weighted by Gasteiger charge is 2.06. The molecule has 3 N–H and O–H groups in total. The molecule has 0 bridgehead atoms. The van der Waals surface area contributed by atoms with Crippen LogP contribution < -0.4 is 11.1 Å². The Labute approximate surface area is 149 Å². The van der Waals surface area contributed by atoms with E-state index in [1.165, 1.54) is 0 Å². The SMILES string of the molecule is CC(C)OCc1cccc(NC(=O)CCc2ccccc2N)c1.Cl. The van der Waals surface area contributed by atoms with Crippen LogP contribution in [0.1, 0.15) is 31.4 Å². The van der Waals surface area contributed by atoms with E-state index < -0.39 is 0 Å². The third-order valence-corrected chi connectivity index (χ3v) is 3.47. The average molecular weight is 349 g/mol. The van der Waals surface area contributed by atoms with E-state index >= 15 is 0 Å². The van der Waals surface area contributed by atoms with E-state index in [1.807, 2.05) is 62.4 Å². The van der Waals surface area contributed by atoms with Gasteiger partial charge in [-0.15, -0.1) is 12.4 Å². The van der Waals surface area contributed by atoms with Gasteiger partial charge < -0.3 is 15.8 Å². The second-order valence-electron chi connectivity index (χ2n) is 5.81. The topological polar surface area (TPSA) is 64.3 Å². The molecule has 0 aliphatic carbocycles. The molecular weight excluding hydrogens is 324 g/mol. The minimum absolute atomic E-state index is 0. The van der Waals surface area contributed by atoms with Crippen molar-refractivity contribution in [1.29, 1.82) is 0 Å². The van der Waals surface area contributed by atoms with Gasteiger partial charge in [0.05, 0.1) is 12.7 Å². The molecule has 0 unspecified atom stereocenters. The lowest BCUT2D eigenvalue weighted by molar-refractivity contribution is -0.116. The Morgan fingerprint density at radius 1 is 1.17 bits per heavy atom. The minimum atomic E-state index is -0.0184. The summed E-state index contributed by atoms with van der Waals surface area (Å²) in [5.74, 6) is -0.0184. The Morgan fingerprint density at radius 2 is 1.92 bits per heavy atom. The molecule has 4 nitrogen and oxygen atoms in total. The van der Waals surface area contributed by atoms with Crippen molar-refractivity contribution < 1.29 is 9.53 Å². The molecule has 5 heteroatoms. The van der Waals surface area contributed by atoms with Crippen LogP contribution in [0.3, 0.4) is 0 Å². The van der Waals surface area contributed by atoms with Gasteiger partial charge >= 0.3 is 0 Å². The summed E-state index contributed by atoms with van der Waals surface area (Å²) in [6.07, 6.45) is 1.22. The van der Waals surface area contributed by atoms with E-state index in [0.717, 1.165) is 22.5 Å². The lowest BCUT2D eigenvalue weighted by Crippen LogP contribution is -2.13. The van der Waals surface area contributed by atoms with Crippen molar-refractivity contribution in [3.63, 3.8) is 0 Å². The van der Waals surface area contributed by atoms with Gasteiger partial charge in [-0.25, -0.2) is 0 Å². The number of nitrogens with two attached hydrogens (primary N) is 1. The molecule has 0 aliphatic heterocycles. The van der Waals surface area contributed by atoms with Crippen LogP contribution in [0.25, 0.3) is 0 Å². The normalized spacial score (nSPS) is 10.3. The molecule has 0 aliphatic rings. The first-order chi connectivity index (χ1) is 11.0. The quantitative estimate of drug-likeness (QED) is 0.737. The van der Waals surface area contributed by atoms with E-state index in [2.05, 4.69) is 5.32 Å². The molecule has 0 radical (unpaired) electrons. The standard InChI is InChI=1S/C19H24N2O2.ClH/c1-14(2)23-13-15-6-5-8-17(12-15)21-19(22)11-10-16-7-3-4-9-18(16)20;/h3-9,12,14H,10-11,13,20H2,1-2H3,(H,21,22);1H. The second kappa shape index (κ2) is 9.96. The van der Waals surface area contributed by atoms with Crippen molar-refractivity contribution in [2.24, 2.45) is 0 Å². The van der Waals surface area contributed by atoms with Crippen molar-refractivity contribution in [1.82, 2.24) is 0 Å². The molecule has 1 amide bonds. The molecule has 0 heterocycles. The number of benzene rings is 2. The van der Waals surface area contributed by atoms with Gasteiger partial charge in [0, 0.05) is 17.8 Å². The van der Waals surface area contributed by atoms with Crippen molar-refractivity contribution in [2.75, 3.05) is 11.1 Å². The number of nitrogens with one attached hydrogen (secondary N) is 1. The van der Waals surface area contributed by atoms with Crippen LogP contribution in [0.5, 0.6) is 0 Å². The number of hydrogen-bond donors (Lipinski definition) is 2. The maximum Gasteiger partial charge on any atom is 0.224 e. The van der Waals surface area contributed by atoms with Crippen molar-refractivity contribution >= 4 is 29.7 Å². The Hall–Kier alpha value is -2.04. The summed E-state index contributed by atoms with van der Waals surface area (Å²) in [6, 6.07) is 15.4. The van der Waals surface area contributed by atoms with E-state index in [9.17, 15) is 4.79 Å². The molecule has 0 aromatic heterocycles. The first-order valence-corrected chi connectivity index (χ1v) is 7.88. The number of carbonyl (C=O) groups is 1. The zero-order valence-corrected chi connectivity index (χ0v) is 14.9. The van der Waals surface area contributed by atoms with Crippen molar-refractivity contribution in [2.45, 2.75) is 39.4 Å². The fourth-order valence-corrected chi connectivity index (χ4v) is 2.24. The highest BCUT2D eigenvalue weighted by atomic mass is 35.5. The predicted molar refractivity (Wildman–Crippen MR) is 101 cm³/mol. The number of anilines is 2. The van der Waals surface area contributed by atoms with Crippen LogP contribution in [0.4, 0.5) is 11.4 Å². The van der Waals surface area contributed by atoms with Crippen LogP contribution >= 0.6 is 12.4 Å². The molecule has 0 atom stereocenters. The van der Waals surface area contributed by atoms with Gasteiger partial charge in [0.15, 0.2) is 0 Å². The fraction of sp³-hybridized carbons (Fsp3) is 0.316. The summed E-state index contributed by atoms with van der Waals surface area (Å²) in [7, 11) is 0. The lowest BCUT2D eigenvalue weighted by Gasteiger charge is -2.10. The Morgan fingerprint density at radius 3 is 2.62 bits per heavy atom. The number of para-hydroxylation sites is 1. The van der Waals surface area contributed by atoms with E-state index in [4.69, 9.17) is 10.5 Å². The van der Waals surface area contributed by atoms with E-state index in [1.54, 1.807) is 0 Å². The molecule has 130 valence electrons. The first-order valence-electron chi connectivity index (χ1n) is 7.88. The highest BCUT2D eigenvalue weighted by molar-refractivity contribution is 5.91. The summed E-state index contributed by atoms with van der Waals surface area (Å²) in [4.78, 5) is 12.1. The minimum Gasteiger partial charge on any atom is -0.399 e. The Bertz CT molecular complexity index is 659. The van der Waals surface area contributed by atoms with Gasteiger partial charge in [-0.1, -0.05) is 30.3 Å². The summed E-state index contributed by atoms with van der Waals surface area (Å²) < 4.78 is 5.58. The summed E-state index contributed by atoms with van der Waals surface area (Å²) >= 11 is 0. The van der Waals surface area contributed by atoms with Gasteiger partial charge in [-0.2, -0.15) is 0 Å². The number of nitrogen functional groups attached to an aromatic ring is 1. The molecule has 0 fully saturated rings. The molecule has 2 aromatic carbocycles. The van der Waals surface area contributed by atoms with Gasteiger partial charge in [0.1, 0.15) is 0 Å². The van der Waals surface area contributed by atoms with Gasteiger partial charge in [0.25, 0.3) is 0 Å². The summed E-state index contributed by atoms with van der Waals surface area (Å²) in [5.41, 5.74) is 9.46. The van der Waals surface area contributed by atoms with Crippen LogP contribution in [-0.4, -0.2) is 12.0 Å². The monoisotopic (exact) mass is 348 g/mol. The smallest absolute Gasteiger partial charge is 0.224 e. The summed E-state index contributed by atoms with van der Waals surface area (Å²) in [6.45, 7) is 4.55. The maximum atomic E-state index is 12.1. The largest absolute Gasteiger partial charge is 0.399 e. The number of rotatable bonds is 7. The second-order valence-corrected chi connectivity index (χ2v) is 5.81. The lowest BCUT2D eigenvalue weighted by atomic mass is 10.1. The Balaban J connectivity index is 0.00000288. The number of amides is 1. The molecule has 2 aromatic rings. The van der Waals surface area contributed by atoms with Crippen LogP contribution in [-0.2, 0) is 22.6 Å². The van der Waals surface area contributed by atoms with Crippen LogP contribution in [0.15, 0.2) is 48.5 Å². The Kier molecular flexibility index (Phi) is 8.30. The third kappa shape index (κ3) is 6.60. The van der Waals surface area contributed by atoms with Crippen LogP contribution in [0, 0.1) is 0 Å². The molecule has 24 heavy (non-hydrogen) atoms. The van der Waals surface area contributed by atoms with Gasteiger partial charge in [-0.05, 0) is 49.6 Å². The van der Waals surface area contributed by atoms with E-state index in [-0.39, 0.29) is 24.4 Å². The average Bonchev–Trinajstić information content (AvgIpc) is 2.52. The highest BCUT2D eigenvalue weighted by Crippen LogP contribution is 2.15. The molecule has 2 rings (SSSR count). The predicted octanol–water partition coefficient (Wildman–Crippen LogP) is 4.19. The van der Waals surface area contributed by atoms with Gasteiger partial charge in [-0.3, -0.25) is 4.79 Å². The number of carbonyl (C=O) groups excluding carboxylic acids is 1. The fourth-order valence-electron chi connectivity index (χ4n) is 2.24.